The Balaban J connectivity index is 1.27. The largest absolute Gasteiger partial charge is 0.455 e. The van der Waals surface area contributed by atoms with E-state index in [2.05, 4.69) is 116 Å². The van der Waals surface area contributed by atoms with Gasteiger partial charge in [0, 0.05) is 38.7 Å². The van der Waals surface area contributed by atoms with Crippen molar-refractivity contribution in [3.8, 4) is 22.3 Å². The molecule has 2 heteroatoms. The molecule has 1 aromatic heterocycles. The zero-order chi connectivity index (χ0) is 23.6. The molecule has 1 heterocycles. The number of para-hydroxylation sites is 2. The highest BCUT2D eigenvalue weighted by Crippen LogP contribution is 2.51. The molecular weight excluding hydrogens is 426 g/mol. The van der Waals surface area contributed by atoms with Crippen LogP contribution in [0.25, 0.3) is 44.2 Å². The average molecular weight is 452 g/mol. The van der Waals surface area contributed by atoms with E-state index in [1.165, 1.54) is 22.3 Å². The third-order valence-electron chi connectivity index (χ3n) is 7.49. The Kier molecular flexibility index (Phi) is 4.22. The van der Waals surface area contributed by atoms with E-state index in [9.17, 15) is 0 Å². The number of benzene rings is 5. The second kappa shape index (κ2) is 7.35. The number of hydrogen-bond acceptors (Lipinski definition) is 2. The molecule has 2 nitrogen and oxygen atoms in total. The van der Waals surface area contributed by atoms with Gasteiger partial charge in [-0.05, 0) is 46.5 Å². The molecule has 0 saturated heterocycles. The van der Waals surface area contributed by atoms with Gasteiger partial charge in [-0.1, -0.05) is 98.8 Å². The molecule has 6 aromatic rings. The van der Waals surface area contributed by atoms with E-state index < -0.39 is 0 Å². The van der Waals surface area contributed by atoms with Crippen LogP contribution >= 0.6 is 0 Å². The lowest BCUT2D eigenvalue weighted by atomic mass is 9.82. The van der Waals surface area contributed by atoms with Gasteiger partial charge in [0.05, 0.1) is 0 Å². The van der Waals surface area contributed by atoms with E-state index in [-0.39, 0.29) is 5.41 Å². The Morgan fingerprint density at radius 2 is 1.29 bits per heavy atom. The predicted octanol–water partition coefficient (Wildman–Crippen LogP) is 9.30. The number of hydrogen-bond donors (Lipinski definition) is 1. The van der Waals surface area contributed by atoms with Gasteiger partial charge in [0.2, 0.25) is 0 Å². The van der Waals surface area contributed by atoms with Gasteiger partial charge in [0.15, 0.2) is 0 Å². The smallest absolute Gasteiger partial charge is 0.143 e. The minimum absolute atomic E-state index is 0.00125. The van der Waals surface area contributed by atoms with Crippen molar-refractivity contribution in [3.05, 3.63) is 120 Å². The molecule has 35 heavy (non-hydrogen) atoms. The van der Waals surface area contributed by atoms with Gasteiger partial charge in [0.1, 0.15) is 11.2 Å². The van der Waals surface area contributed by atoms with Crippen LogP contribution in [0, 0.1) is 0 Å². The van der Waals surface area contributed by atoms with Crippen molar-refractivity contribution >= 4 is 33.3 Å². The highest BCUT2D eigenvalue weighted by Gasteiger charge is 2.36. The van der Waals surface area contributed by atoms with Crippen LogP contribution in [0.1, 0.15) is 25.0 Å². The van der Waals surface area contributed by atoms with Crippen molar-refractivity contribution in [2.45, 2.75) is 19.3 Å². The fourth-order valence-electron chi connectivity index (χ4n) is 5.72. The lowest BCUT2D eigenvalue weighted by molar-refractivity contribution is 0.660. The van der Waals surface area contributed by atoms with Crippen LogP contribution in [0.2, 0.25) is 0 Å². The van der Waals surface area contributed by atoms with Crippen molar-refractivity contribution in [3.63, 3.8) is 0 Å². The molecule has 0 aliphatic heterocycles. The Bertz CT molecular complexity index is 1740. The average Bonchev–Trinajstić information content (AvgIpc) is 3.38. The molecule has 0 atom stereocenters. The maximum atomic E-state index is 6.25. The summed E-state index contributed by atoms with van der Waals surface area (Å²) in [5, 5.41) is 6.01. The van der Waals surface area contributed by atoms with E-state index >= 15 is 0 Å². The highest BCUT2D eigenvalue weighted by molar-refractivity contribution is 6.09. The van der Waals surface area contributed by atoms with Gasteiger partial charge in [-0.15, -0.1) is 0 Å². The van der Waals surface area contributed by atoms with Crippen LogP contribution in [0.5, 0.6) is 0 Å². The monoisotopic (exact) mass is 451 g/mol. The Labute approximate surface area is 204 Å². The van der Waals surface area contributed by atoms with Crippen molar-refractivity contribution in [2.24, 2.45) is 0 Å². The molecule has 0 unspecified atom stereocenters. The third-order valence-corrected chi connectivity index (χ3v) is 7.49. The summed E-state index contributed by atoms with van der Waals surface area (Å²) in [6, 6.07) is 38.6. The Hall–Kier alpha value is -4.30. The van der Waals surface area contributed by atoms with Gasteiger partial charge in [0.25, 0.3) is 0 Å². The Morgan fingerprint density at radius 3 is 2.17 bits per heavy atom. The first-order chi connectivity index (χ1) is 17.1. The van der Waals surface area contributed by atoms with Crippen molar-refractivity contribution in [2.75, 3.05) is 5.32 Å². The van der Waals surface area contributed by atoms with E-state index in [0.29, 0.717) is 0 Å². The van der Waals surface area contributed by atoms with Gasteiger partial charge >= 0.3 is 0 Å². The van der Waals surface area contributed by atoms with Crippen molar-refractivity contribution in [1.29, 1.82) is 0 Å². The molecule has 168 valence electrons. The molecule has 0 bridgehead atoms. The molecule has 0 amide bonds. The maximum Gasteiger partial charge on any atom is 0.143 e. The topological polar surface area (TPSA) is 25.2 Å². The molecule has 0 spiro atoms. The van der Waals surface area contributed by atoms with Crippen LogP contribution in [0.4, 0.5) is 11.4 Å². The third kappa shape index (κ3) is 2.96. The maximum absolute atomic E-state index is 6.25. The van der Waals surface area contributed by atoms with E-state index in [1.54, 1.807) is 0 Å². The highest BCUT2D eigenvalue weighted by atomic mass is 16.3. The Morgan fingerprint density at radius 1 is 0.600 bits per heavy atom. The summed E-state index contributed by atoms with van der Waals surface area (Å²) in [6.45, 7) is 4.63. The number of furan rings is 1. The lowest BCUT2D eigenvalue weighted by Crippen LogP contribution is -2.14. The van der Waals surface area contributed by atoms with E-state index in [0.717, 1.165) is 44.4 Å². The van der Waals surface area contributed by atoms with E-state index in [1.807, 2.05) is 12.1 Å². The predicted molar refractivity (Wildman–Crippen MR) is 146 cm³/mol. The molecule has 0 saturated carbocycles. The summed E-state index contributed by atoms with van der Waals surface area (Å²) in [5.74, 6) is 0. The molecule has 0 radical (unpaired) electrons. The number of anilines is 2. The van der Waals surface area contributed by atoms with Crippen LogP contribution in [0.15, 0.2) is 114 Å². The van der Waals surface area contributed by atoms with E-state index in [4.69, 9.17) is 4.42 Å². The summed E-state index contributed by atoms with van der Waals surface area (Å²) in [7, 11) is 0. The van der Waals surface area contributed by atoms with Crippen LogP contribution in [0.3, 0.4) is 0 Å². The first kappa shape index (κ1) is 20.1. The van der Waals surface area contributed by atoms with Crippen LogP contribution in [-0.4, -0.2) is 0 Å². The molecule has 1 N–H and O–H groups in total. The second-order valence-corrected chi connectivity index (χ2v) is 9.88. The number of fused-ring (bicyclic) bond motifs is 6. The molecule has 1 aliphatic rings. The quantitative estimate of drug-likeness (QED) is 0.290. The van der Waals surface area contributed by atoms with Crippen LogP contribution in [-0.2, 0) is 5.41 Å². The van der Waals surface area contributed by atoms with Gasteiger partial charge in [-0.3, -0.25) is 0 Å². The normalized spacial score (nSPS) is 13.7. The van der Waals surface area contributed by atoms with Crippen LogP contribution < -0.4 is 5.32 Å². The fraction of sp³-hybridized carbons (Fsp3) is 0.0909. The summed E-state index contributed by atoms with van der Waals surface area (Å²) in [5.41, 5.74) is 11.7. The SMILES string of the molecule is CC1(C)c2ccccc2-c2c(Nc3ccc(-c4cccc5c4oc4ccccc45)cc3)cccc21. The minimum atomic E-state index is -0.00125. The zero-order valence-corrected chi connectivity index (χ0v) is 19.8. The molecule has 7 rings (SSSR count). The first-order valence-electron chi connectivity index (χ1n) is 12.1. The van der Waals surface area contributed by atoms with Crippen molar-refractivity contribution in [1.82, 2.24) is 0 Å². The summed E-state index contributed by atoms with van der Waals surface area (Å²) in [4.78, 5) is 0. The number of nitrogens with one attached hydrogen (secondary N) is 1. The molecule has 0 fully saturated rings. The summed E-state index contributed by atoms with van der Waals surface area (Å²) in [6.07, 6.45) is 0. The second-order valence-electron chi connectivity index (χ2n) is 9.88. The fourth-order valence-corrected chi connectivity index (χ4v) is 5.72. The lowest BCUT2D eigenvalue weighted by Gasteiger charge is -2.21. The van der Waals surface area contributed by atoms with Gasteiger partial charge < -0.3 is 9.73 Å². The standard InChI is InChI=1S/C33H25NO/c1-33(2)27-13-5-3-10-26(27)31-28(33)14-8-15-29(31)34-22-19-17-21(18-20-22)23-11-7-12-25-24-9-4-6-16-30(24)35-32(23)25/h3-20,34H,1-2H3. The molecular formula is C33H25NO. The summed E-state index contributed by atoms with van der Waals surface area (Å²) >= 11 is 0. The van der Waals surface area contributed by atoms with Gasteiger partial charge in [-0.2, -0.15) is 0 Å². The summed E-state index contributed by atoms with van der Waals surface area (Å²) < 4.78 is 6.25. The number of rotatable bonds is 3. The van der Waals surface area contributed by atoms with Crippen molar-refractivity contribution < 1.29 is 4.42 Å². The molecule has 5 aromatic carbocycles. The van der Waals surface area contributed by atoms with Gasteiger partial charge in [-0.25, -0.2) is 0 Å². The zero-order valence-electron chi connectivity index (χ0n) is 19.8. The minimum Gasteiger partial charge on any atom is -0.455 e. The molecule has 1 aliphatic carbocycles. The first-order valence-corrected chi connectivity index (χ1v) is 12.1.